The van der Waals surface area contributed by atoms with E-state index in [4.69, 9.17) is 11.6 Å². The number of hydrogen-bond acceptors (Lipinski definition) is 4. The summed E-state index contributed by atoms with van der Waals surface area (Å²) >= 11 is 7.40. The molecule has 3 rings (SSSR count). The van der Waals surface area contributed by atoms with Gasteiger partial charge in [0.1, 0.15) is 9.88 Å². The Balaban J connectivity index is 1.77. The quantitative estimate of drug-likeness (QED) is 0.573. The molecule has 0 aliphatic heterocycles. The van der Waals surface area contributed by atoms with E-state index in [0.29, 0.717) is 34.4 Å². The van der Waals surface area contributed by atoms with Crippen LogP contribution in [-0.2, 0) is 11.3 Å². The molecule has 0 aliphatic carbocycles. The largest absolute Gasteiger partial charge is 0.339 e. The molecular weight excluding hydrogens is 406 g/mol. The Bertz CT molecular complexity index is 1050. The first-order chi connectivity index (χ1) is 13.9. The number of thiazole rings is 1. The minimum absolute atomic E-state index is 0.0239. The second-order valence-corrected chi connectivity index (χ2v) is 8.07. The van der Waals surface area contributed by atoms with Crippen LogP contribution in [0.1, 0.15) is 34.8 Å². The number of carbonyl (C=O) groups excluding carboxylic acids is 2. The lowest BCUT2D eigenvalue weighted by atomic mass is 10.2. The molecular formula is C22H22ClN3O2S. The van der Waals surface area contributed by atoms with Crippen molar-refractivity contribution >= 4 is 40.4 Å². The summed E-state index contributed by atoms with van der Waals surface area (Å²) in [6.45, 7) is 6.46. The summed E-state index contributed by atoms with van der Waals surface area (Å²) in [6.07, 6.45) is 0. The number of nitrogens with zero attached hydrogens (tertiary/aromatic N) is 2. The first-order valence-corrected chi connectivity index (χ1v) is 10.5. The second kappa shape index (κ2) is 9.20. The van der Waals surface area contributed by atoms with Gasteiger partial charge >= 0.3 is 0 Å². The molecule has 1 aromatic heterocycles. The van der Waals surface area contributed by atoms with Crippen molar-refractivity contribution in [1.29, 1.82) is 0 Å². The van der Waals surface area contributed by atoms with Crippen molar-refractivity contribution in [1.82, 2.24) is 9.88 Å². The first-order valence-electron chi connectivity index (χ1n) is 9.26. The Hall–Kier alpha value is -2.70. The third-order valence-electron chi connectivity index (χ3n) is 4.46. The zero-order valence-corrected chi connectivity index (χ0v) is 18.1. The van der Waals surface area contributed by atoms with Gasteiger partial charge in [0.25, 0.3) is 5.91 Å². The number of carbonyl (C=O) groups is 2. The minimum atomic E-state index is -0.204. The topological polar surface area (TPSA) is 62.3 Å². The predicted molar refractivity (Wildman–Crippen MR) is 118 cm³/mol. The smallest absolute Gasteiger partial charge is 0.267 e. The van der Waals surface area contributed by atoms with Gasteiger partial charge in [-0.2, -0.15) is 0 Å². The molecule has 0 saturated carbocycles. The molecule has 0 fully saturated rings. The standard InChI is InChI=1S/C22H22ClN3O2S/c1-4-26(15(3)27)13-16-7-5-10-19(11-16)25-21(28)20-14(2)24-22(29-20)17-8-6-9-18(23)12-17/h5-12H,4,13H2,1-3H3,(H,25,28). The average molecular weight is 428 g/mol. The molecule has 0 radical (unpaired) electrons. The molecule has 0 aliphatic rings. The lowest BCUT2D eigenvalue weighted by molar-refractivity contribution is -0.129. The van der Waals surface area contributed by atoms with E-state index >= 15 is 0 Å². The van der Waals surface area contributed by atoms with Gasteiger partial charge in [0, 0.05) is 36.3 Å². The Morgan fingerprint density at radius 3 is 2.62 bits per heavy atom. The molecule has 0 unspecified atom stereocenters. The minimum Gasteiger partial charge on any atom is -0.339 e. The van der Waals surface area contributed by atoms with E-state index in [0.717, 1.165) is 16.1 Å². The highest BCUT2D eigenvalue weighted by Crippen LogP contribution is 2.30. The van der Waals surface area contributed by atoms with Crippen molar-refractivity contribution in [3.63, 3.8) is 0 Å². The number of aromatic nitrogens is 1. The van der Waals surface area contributed by atoms with E-state index in [1.54, 1.807) is 17.9 Å². The van der Waals surface area contributed by atoms with Crippen LogP contribution in [0.4, 0.5) is 5.69 Å². The Labute approximate surface area is 179 Å². The molecule has 5 nitrogen and oxygen atoms in total. The Kier molecular flexibility index (Phi) is 6.67. The number of nitrogens with one attached hydrogen (secondary N) is 1. The molecule has 29 heavy (non-hydrogen) atoms. The van der Waals surface area contributed by atoms with Crippen LogP contribution in [-0.4, -0.2) is 28.2 Å². The van der Waals surface area contributed by atoms with Crippen molar-refractivity contribution in [3.8, 4) is 10.6 Å². The average Bonchev–Trinajstić information content (AvgIpc) is 3.08. The number of rotatable bonds is 6. The van der Waals surface area contributed by atoms with Crippen LogP contribution in [0.5, 0.6) is 0 Å². The summed E-state index contributed by atoms with van der Waals surface area (Å²) in [5.74, 6) is -0.180. The SMILES string of the molecule is CCN(Cc1cccc(NC(=O)c2sc(-c3cccc(Cl)c3)nc2C)c1)C(C)=O. The van der Waals surface area contributed by atoms with Gasteiger partial charge in [-0.15, -0.1) is 11.3 Å². The van der Waals surface area contributed by atoms with Crippen LogP contribution < -0.4 is 5.32 Å². The van der Waals surface area contributed by atoms with E-state index in [2.05, 4.69) is 10.3 Å². The number of benzene rings is 2. The van der Waals surface area contributed by atoms with Crippen LogP contribution in [0.3, 0.4) is 0 Å². The van der Waals surface area contributed by atoms with E-state index in [9.17, 15) is 9.59 Å². The summed E-state index contributed by atoms with van der Waals surface area (Å²) in [6, 6.07) is 14.9. The predicted octanol–water partition coefficient (Wildman–Crippen LogP) is 5.39. The maximum atomic E-state index is 12.8. The number of aryl methyl sites for hydroxylation is 1. The van der Waals surface area contributed by atoms with Crippen molar-refractivity contribution in [2.24, 2.45) is 0 Å². The number of amides is 2. The van der Waals surface area contributed by atoms with Gasteiger partial charge in [-0.05, 0) is 43.7 Å². The Morgan fingerprint density at radius 1 is 1.17 bits per heavy atom. The molecule has 0 saturated heterocycles. The maximum Gasteiger partial charge on any atom is 0.267 e. The second-order valence-electron chi connectivity index (χ2n) is 6.63. The zero-order valence-electron chi connectivity index (χ0n) is 16.5. The lowest BCUT2D eigenvalue weighted by Gasteiger charge is -2.19. The number of halogens is 1. The van der Waals surface area contributed by atoms with Gasteiger partial charge in [-0.1, -0.05) is 35.9 Å². The van der Waals surface area contributed by atoms with Gasteiger partial charge < -0.3 is 10.2 Å². The molecule has 0 spiro atoms. The first kappa shape index (κ1) is 21.0. The highest BCUT2D eigenvalue weighted by Gasteiger charge is 2.17. The molecule has 2 amide bonds. The van der Waals surface area contributed by atoms with Crippen molar-refractivity contribution in [3.05, 3.63) is 69.7 Å². The third-order valence-corrected chi connectivity index (χ3v) is 5.90. The summed E-state index contributed by atoms with van der Waals surface area (Å²) in [7, 11) is 0. The van der Waals surface area contributed by atoms with Gasteiger partial charge in [0.15, 0.2) is 0 Å². The number of anilines is 1. The van der Waals surface area contributed by atoms with Crippen LogP contribution in [0, 0.1) is 6.92 Å². The van der Waals surface area contributed by atoms with Crippen LogP contribution in [0.25, 0.3) is 10.6 Å². The molecule has 0 atom stereocenters. The van der Waals surface area contributed by atoms with E-state index in [1.807, 2.05) is 56.3 Å². The fourth-order valence-corrected chi connectivity index (χ4v) is 4.10. The molecule has 0 bridgehead atoms. The van der Waals surface area contributed by atoms with Gasteiger partial charge in [0.2, 0.25) is 5.91 Å². The van der Waals surface area contributed by atoms with Crippen molar-refractivity contribution in [2.45, 2.75) is 27.3 Å². The molecule has 2 aromatic carbocycles. The normalized spacial score (nSPS) is 10.6. The lowest BCUT2D eigenvalue weighted by Crippen LogP contribution is -2.27. The molecule has 7 heteroatoms. The fraction of sp³-hybridized carbons (Fsp3) is 0.227. The third kappa shape index (κ3) is 5.22. The van der Waals surface area contributed by atoms with Gasteiger partial charge in [-0.3, -0.25) is 9.59 Å². The van der Waals surface area contributed by atoms with Crippen LogP contribution in [0.15, 0.2) is 48.5 Å². The van der Waals surface area contributed by atoms with Crippen LogP contribution >= 0.6 is 22.9 Å². The summed E-state index contributed by atoms with van der Waals surface area (Å²) in [5, 5.41) is 4.32. The zero-order chi connectivity index (χ0) is 21.0. The monoisotopic (exact) mass is 427 g/mol. The molecule has 3 aromatic rings. The van der Waals surface area contributed by atoms with Crippen molar-refractivity contribution in [2.75, 3.05) is 11.9 Å². The summed E-state index contributed by atoms with van der Waals surface area (Å²) in [5.41, 5.74) is 3.20. The van der Waals surface area contributed by atoms with Crippen LogP contribution in [0.2, 0.25) is 5.02 Å². The van der Waals surface area contributed by atoms with Gasteiger partial charge in [-0.25, -0.2) is 4.98 Å². The van der Waals surface area contributed by atoms with Crippen molar-refractivity contribution < 1.29 is 9.59 Å². The van der Waals surface area contributed by atoms with E-state index in [1.165, 1.54) is 11.3 Å². The molecule has 1 N–H and O–H groups in total. The maximum absolute atomic E-state index is 12.8. The highest BCUT2D eigenvalue weighted by atomic mass is 35.5. The Morgan fingerprint density at radius 2 is 1.93 bits per heavy atom. The van der Waals surface area contributed by atoms with E-state index in [-0.39, 0.29) is 11.8 Å². The molecule has 150 valence electrons. The number of hydrogen-bond donors (Lipinski definition) is 1. The van der Waals surface area contributed by atoms with Gasteiger partial charge in [0.05, 0.1) is 5.69 Å². The summed E-state index contributed by atoms with van der Waals surface area (Å²) in [4.78, 5) is 31.3. The summed E-state index contributed by atoms with van der Waals surface area (Å²) < 4.78 is 0. The van der Waals surface area contributed by atoms with E-state index < -0.39 is 0 Å². The molecule has 1 heterocycles. The fourth-order valence-electron chi connectivity index (χ4n) is 2.95. The highest BCUT2D eigenvalue weighted by molar-refractivity contribution is 7.17.